The van der Waals surface area contributed by atoms with E-state index in [0.717, 1.165) is 6.42 Å². The number of thiophene rings is 1. The maximum Gasteiger partial charge on any atom is 0.256 e. The van der Waals surface area contributed by atoms with Crippen LogP contribution in [-0.2, 0) is 6.42 Å². The number of halogens is 2. The zero-order valence-corrected chi connectivity index (χ0v) is 12.0. The SMILES string of the molecule is CN(CCc1cccs1)C(=O)c1cc(Cl)ccc1F. The van der Waals surface area contributed by atoms with Gasteiger partial charge in [-0.15, -0.1) is 11.3 Å². The van der Waals surface area contributed by atoms with Crippen molar-refractivity contribution in [1.82, 2.24) is 4.90 Å². The monoisotopic (exact) mass is 297 g/mol. The Balaban J connectivity index is 2.04. The molecule has 0 atom stereocenters. The van der Waals surface area contributed by atoms with Crippen LogP contribution in [0.4, 0.5) is 4.39 Å². The van der Waals surface area contributed by atoms with Gasteiger partial charge in [0.1, 0.15) is 5.82 Å². The van der Waals surface area contributed by atoms with Gasteiger partial charge in [-0.1, -0.05) is 17.7 Å². The Labute approximate surface area is 120 Å². The Morgan fingerprint density at radius 1 is 1.42 bits per heavy atom. The summed E-state index contributed by atoms with van der Waals surface area (Å²) < 4.78 is 13.6. The van der Waals surface area contributed by atoms with Crippen molar-refractivity contribution in [3.63, 3.8) is 0 Å². The molecule has 100 valence electrons. The van der Waals surface area contributed by atoms with Crippen molar-refractivity contribution in [3.8, 4) is 0 Å². The lowest BCUT2D eigenvalue weighted by atomic mass is 10.2. The quantitative estimate of drug-likeness (QED) is 0.839. The van der Waals surface area contributed by atoms with Gasteiger partial charge in [0.25, 0.3) is 5.91 Å². The summed E-state index contributed by atoms with van der Waals surface area (Å²) in [5, 5.41) is 2.35. The first kappa shape index (κ1) is 14.0. The standard InChI is InChI=1S/C14H13ClFNOS/c1-17(7-6-11-3-2-8-19-11)14(18)12-9-10(15)4-5-13(12)16/h2-5,8-9H,6-7H2,1H3. The van der Waals surface area contributed by atoms with E-state index in [1.165, 1.54) is 28.0 Å². The van der Waals surface area contributed by atoms with E-state index < -0.39 is 5.82 Å². The third-order valence-corrected chi connectivity index (χ3v) is 3.95. The van der Waals surface area contributed by atoms with Crippen molar-refractivity contribution in [1.29, 1.82) is 0 Å². The molecule has 2 rings (SSSR count). The molecule has 0 aliphatic rings. The lowest BCUT2D eigenvalue weighted by Crippen LogP contribution is -2.29. The molecular formula is C14H13ClFNOS. The van der Waals surface area contributed by atoms with Gasteiger partial charge >= 0.3 is 0 Å². The molecule has 0 unspecified atom stereocenters. The fourth-order valence-corrected chi connectivity index (χ4v) is 2.57. The lowest BCUT2D eigenvalue weighted by Gasteiger charge is -2.17. The molecule has 2 aromatic rings. The number of amides is 1. The van der Waals surface area contributed by atoms with Gasteiger partial charge in [-0.05, 0) is 36.1 Å². The van der Waals surface area contributed by atoms with Gasteiger partial charge in [0.05, 0.1) is 5.56 Å². The van der Waals surface area contributed by atoms with E-state index >= 15 is 0 Å². The van der Waals surface area contributed by atoms with Crippen LogP contribution >= 0.6 is 22.9 Å². The molecule has 1 aromatic carbocycles. The highest BCUT2D eigenvalue weighted by Gasteiger charge is 2.16. The molecule has 0 bridgehead atoms. The van der Waals surface area contributed by atoms with E-state index in [-0.39, 0.29) is 11.5 Å². The number of benzene rings is 1. The van der Waals surface area contributed by atoms with Gasteiger partial charge in [-0.25, -0.2) is 4.39 Å². The van der Waals surface area contributed by atoms with Crippen LogP contribution in [0.25, 0.3) is 0 Å². The largest absolute Gasteiger partial charge is 0.341 e. The minimum absolute atomic E-state index is 0.0150. The Hall–Kier alpha value is -1.39. The van der Waals surface area contributed by atoms with Crippen LogP contribution in [0.1, 0.15) is 15.2 Å². The van der Waals surface area contributed by atoms with Crippen molar-refractivity contribution in [2.45, 2.75) is 6.42 Å². The maximum atomic E-state index is 13.6. The van der Waals surface area contributed by atoms with Gasteiger partial charge in [0.15, 0.2) is 0 Å². The average molecular weight is 298 g/mol. The summed E-state index contributed by atoms with van der Waals surface area (Å²) in [5.41, 5.74) is 0.0150. The van der Waals surface area contributed by atoms with Crippen LogP contribution in [0.3, 0.4) is 0 Å². The first-order valence-electron chi connectivity index (χ1n) is 5.81. The van der Waals surface area contributed by atoms with Crippen molar-refractivity contribution < 1.29 is 9.18 Å². The molecule has 19 heavy (non-hydrogen) atoms. The van der Waals surface area contributed by atoms with E-state index in [0.29, 0.717) is 11.6 Å². The second-order valence-electron chi connectivity index (χ2n) is 4.18. The second kappa shape index (κ2) is 6.17. The van der Waals surface area contributed by atoms with Crippen LogP contribution in [0, 0.1) is 5.82 Å². The van der Waals surface area contributed by atoms with Crippen LogP contribution in [0.15, 0.2) is 35.7 Å². The molecule has 0 spiro atoms. The predicted molar refractivity (Wildman–Crippen MR) is 76.4 cm³/mol. The Morgan fingerprint density at radius 3 is 2.89 bits per heavy atom. The molecule has 5 heteroatoms. The Bertz CT molecular complexity index is 571. The smallest absolute Gasteiger partial charge is 0.256 e. The van der Waals surface area contributed by atoms with Crippen molar-refractivity contribution in [2.24, 2.45) is 0 Å². The highest BCUT2D eigenvalue weighted by Crippen LogP contribution is 2.17. The van der Waals surface area contributed by atoms with Gasteiger partial charge in [0.2, 0.25) is 0 Å². The molecule has 1 amide bonds. The summed E-state index contributed by atoms with van der Waals surface area (Å²) in [7, 11) is 1.66. The third kappa shape index (κ3) is 3.55. The number of hydrogen-bond donors (Lipinski definition) is 0. The zero-order valence-electron chi connectivity index (χ0n) is 10.4. The highest BCUT2D eigenvalue weighted by atomic mass is 35.5. The van der Waals surface area contributed by atoms with Gasteiger partial charge in [-0.3, -0.25) is 4.79 Å². The zero-order chi connectivity index (χ0) is 13.8. The van der Waals surface area contributed by atoms with Crippen molar-refractivity contribution in [3.05, 3.63) is 57.0 Å². The lowest BCUT2D eigenvalue weighted by molar-refractivity contribution is 0.0792. The fraction of sp³-hybridized carbons (Fsp3) is 0.214. The second-order valence-corrected chi connectivity index (χ2v) is 5.65. The molecule has 0 radical (unpaired) electrons. The first-order chi connectivity index (χ1) is 9.08. The molecule has 0 N–H and O–H groups in total. The summed E-state index contributed by atoms with van der Waals surface area (Å²) in [6, 6.07) is 7.99. The topological polar surface area (TPSA) is 20.3 Å². The molecule has 2 nitrogen and oxygen atoms in total. The summed E-state index contributed by atoms with van der Waals surface area (Å²) in [6.45, 7) is 0.547. The molecule has 0 fully saturated rings. The Morgan fingerprint density at radius 2 is 2.21 bits per heavy atom. The van der Waals surface area contributed by atoms with E-state index in [1.54, 1.807) is 18.4 Å². The maximum absolute atomic E-state index is 13.6. The van der Waals surface area contributed by atoms with E-state index in [9.17, 15) is 9.18 Å². The van der Waals surface area contributed by atoms with Crippen LogP contribution in [-0.4, -0.2) is 24.4 Å². The van der Waals surface area contributed by atoms with Crippen molar-refractivity contribution >= 4 is 28.8 Å². The number of carbonyl (C=O) groups excluding carboxylic acids is 1. The predicted octanol–water partition coefficient (Wildman–Crippen LogP) is 3.86. The minimum Gasteiger partial charge on any atom is -0.341 e. The number of rotatable bonds is 4. The molecule has 1 heterocycles. The fourth-order valence-electron chi connectivity index (χ4n) is 1.70. The molecule has 0 aliphatic carbocycles. The van der Waals surface area contributed by atoms with E-state index in [1.807, 2.05) is 17.5 Å². The van der Waals surface area contributed by atoms with Gasteiger partial charge in [-0.2, -0.15) is 0 Å². The molecule has 1 aromatic heterocycles. The highest BCUT2D eigenvalue weighted by molar-refractivity contribution is 7.09. The van der Waals surface area contributed by atoms with Crippen LogP contribution in [0.5, 0.6) is 0 Å². The number of nitrogens with zero attached hydrogens (tertiary/aromatic N) is 1. The van der Waals surface area contributed by atoms with Crippen molar-refractivity contribution in [2.75, 3.05) is 13.6 Å². The molecular weight excluding hydrogens is 285 g/mol. The van der Waals surface area contributed by atoms with E-state index in [2.05, 4.69) is 0 Å². The Kier molecular flexibility index (Phi) is 4.56. The van der Waals surface area contributed by atoms with Gasteiger partial charge in [0, 0.05) is 23.5 Å². The summed E-state index contributed by atoms with van der Waals surface area (Å²) >= 11 is 7.43. The first-order valence-corrected chi connectivity index (χ1v) is 7.06. The van der Waals surface area contributed by atoms with Crippen LogP contribution in [0.2, 0.25) is 5.02 Å². The molecule has 0 saturated heterocycles. The van der Waals surface area contributed by atoms with Crippen LogP contribution < -0.4 is 0 Å². The van der Waals surface area contributed by atoms with Gasteiger partial charge < -0.3 is 4.90 Å². The van der Waals surface area contributed by atoms with E-state index in [4.69, 9.17) is 11.6 Å². The molecule has 0 saturated carbocycles. The average Bonchev–Trinajstić information content (AvgIpc) is 2.91. The summed E-state index contributed by atoms with van der Waals surface area (Å²) in [6.07, 6.45) is 0.766. The minimum atomic E-state index is -0.544. The molecule has 0 aliphatic heterocycles. The number of likely N-dealkylation sites (N-methyl/N-ethyl adjacent to an activating group) is 1. The summed E-state index contributed by atoms with van der Waals surface area (Å²) in [4.78, 5) is 14.8. The summed E-state index contributed by atoms with van der Waals surface area (Å²) in [5.74, 6) is -0.895. The number of carbonyl (C=O) groups is 1. The number of hydrogen-bond acceptors (Lipinski definition) is 2. The third-order valence-electron chi connectivity index (χ3n) is 2.78. The normalized spacial score (nSPS) is 10.5.